The van der Waals surface area contributed by atoms with Crippen LogP contribution >= 0.6 is 0 Å². The number of nitrogens with zero attached hydrogens (tertiary/aromatic N) is 4. The van der Waals surface area contributed by atoms with E-state index >= 15 is 0 Å². The Kier molecular flexibility index (Phi) is 4.10. The summed E-state index contributed by atoms with van der Waals surface area (Å²) >= 11 is 0. The predicted octanol–water partition coefficient (Wildman–Crippen LogP) is 4.00. The van der Waals surface area contributed by atoms with Crippen LogP contribution in [0.3, 0.4) is 0 Å². The number of aromatic hydroxyl groups is 1. The van der Waals surface area contributed by atoms with E-state index in [9.17, 15) is 5.11 Å². The lowest BCUT2D eigenvalue weighted by Gasteiger charge is -2.36. The monoisotopic (exact) mass is 392 g/mol. The van der Waals surface area contributed by atoms with Crippen LogP contribution in [0.2, 0.25) is 0 Å². The van der Waals surface area contributed by atoms with Crippen LogP contribution < -0.4 is 4.74 Å². The van der Waals surface area contributed by atoms with Crippen LogP contribution in [0.5, 0.6) is 11.5 Å². The summed E-state index contributed by atoms with van der Waals surface area (Å²) in [7, 11) is 1.57. The number of fused-ring (bicyclic) bond motifs is 6. The fourth-order valence-corrected chi connectivity index (χ4v) is 4.84. The topological polar surface area (TPSA) is 62.9 Å². The summed E-state index contributed by atoms with van der Waals surface area (Å²) < 4.78 is 7.26. The largest absolute Gasteiger partial charge is 0.504 e. The summed E-state index contributed by atoms with van der Waals surface area (Å²) in [5, 5.41) is 15.1. The minimum absolute atomic E-state index is 0.0106. The molecule has 5 rings (SSSR count). The molecular weight excluding hydrogens is 364 g/mol. The number of phenolic OH excluding ortho intramolecular Hbond substituents is 1. The van der Waals surface area contributed by atoms with Gasteiger partial charge in [-0.2, -0.15) is 5.10 Å². The highest BCUT2D eigenvalue weighted by Crippen LogP contribution is 2.44. The molecule has 2 bridgehead atoms. The van der Waals surface area contributed by atoms with E-state index in [1.54, 1.807) is 7.11 Å². The van der Waals surface area contributed by atoms with Gasteiger partial charge in [0, 0.05) is 48.3 Å². The van der Waals surface area contributed by atoms with Crippen molar-refractivity contribution in [3.05, 3.63) is 53.0 Å². The molecule has 4 heterocycles. The first-order chi connectivity index (χ1) is 13.8. The van der Waals surface area contributed by atoms with E-state index in [2.05, 4.69) is 42.4 Å². The molecule has 3 aromatic rings. The first kappa shape index (κ1) is 18.4. The fourth-order valence-electron chi connectivity index (χ4n) is 4.84. The van der Waals surface area contributed by atoms with Crippen LogP contribution in [0.15, 0.2) is 30.5 Å². The molecule has 6 heteroatoms. The first-order valence-electron chi connectivity index (χ1n) is 10.3. The first-order valence-corrected chi connectivity index (χ1v) is 10.3. The molecule has 29 heavy (non-hydrogen) atoms. The van der Waals surface area contributed by atoms with Crippen LogP contribution in [0.4, 0.5) is 0 Å². The van der Waals surface area contributed by atoms with Gasteiger partial charge < -0.3 is 9.84 Å². The second kappa shape index (κ2) is 6.46. The lowest BCUT2D eigenvalue weighted by atomic mass is 9.93. The molecule has 1 N–H and O–H groups in total. The number of hydrogen-bond donors (Lipinski definition) is 1. The van der Waals surface area contributed by atoms with Crippen LogP contribution in [-0.2, 0) is 18.4 Å². The maximum Gasteiger partial charge on any atom is 0.160 e. The highest BCUT2D eigenvalue weighted by Gasteiger charge is 2.41. The SMILES string of the molecule is COc1ccc(CN2[C@H]3CC[C@H]2c2cnc4cc(C(C)(C)C)nn4c2C3)cc1O. The van der Waals surface area contributed by atoms with Gasteiger partial charge in [-0.25, -0.2) is 9.50 Å². The highest BCUT2D eigenvalue weighted by molar-refractivity contribution is 5.46. The van der Waals surface area contributed by atoms with E-state index in [0.717, 1.165) is 36.3 Å². The zero-order chi connectivity index (χ0) is 20.3. The molecule has 0 saturated carbocycles. The van der Waals surface area contributed by atoms with Gasteiger partial charge in [0.15, 0.2) is 17.1 Å². The highest BCUT2D eigenvalue weighted by atomic mass is 16.5. The Labute approximate surface area is 171 Å². The smallest absolute Gasteiger partial charge is 0.160 e. The Balaban J connectivity index is 1.49. The van der Waals surface area contributed by atoms with E-state index in [4.69, 9.17) is 14.8 Å². The molecular formula is C23H28N4O2. The summed E-state index contributed by atoms with van der Waals surface area (Å²) in [6.07, 6.45) is 5.36. The van der Waals surface area contributed by atoms with E-state index in [1.807, 2.05) is 18.2 Å². The molecule has 0 unspecified atom stereocenters. The summed E-state index contributed by atoms with van der Waals surface area (Å²) in [6, 6.07) is 8.66. The summed E-state index contributed by atoms with van der Waals surface area (Å²) in [5.41, 5.74) is 5.76. The van der Waals surface area contributed by atoms with Crippen molar-refractivity contribution >= 4 is 5.65 Å². The molecule has 0 aliphatic carbocycles. The van der Waals surface area contributed by atoms with Crippen LogP contribution in [0, 0.1) is 0 Å². The Morgan fingerprint density at radius 3 is 2.76 bits per heavy atom. The number of ether oxygens (including phenoxy) is 1. The third-order valence-corrected chi connectivity index (χ3v) is 6.42. The van der Waals surface area contributed by atoms with E-state index in [0.29, 0.717) is 17.8 Å². The summed E-state index contributed by atoms with van der Waals surface area (Å²) in [4.78, 5) is 7.30. The van der Waals surface area contributed by atoms with Crippen molar-refractivity contribution in [3.8, 4) is 11.5 Å². The molecule has 1 aromatic carbocycles. The molecule has 0 spiro atoms. The fraction of sp³-hybridized carbons (Fsp3) is 0.478. The molecule has 1 saturated heterocycles. The Hall–Kier alpha value is -2.60. The number of hydrogen-bond acceptors (Lipinski definition) is 5. The maximum atomic E-state index is 10.1. The van der Waals surface area contributed by atoms with Gasteiger partial charge >= 0.3 is 0 Å². The van der Waals surface area contributed by atoms with Crippen molar-refractivity contribution in [2.45, 2.75) is 64.1 Å². The van der Waals surface area contributed by atoms with Gasteiger partial charge in [-0.05, 0) is 30.5 Å². The average Bonchev–Trinajstić information content (AvgIpc) is 3.22. The second-order valence-electron chi connectivity index (χ2n) is 9.34. The van der Waals surface area contributed by atoms with Crippen LogP contribution in [0.1, 0.15) is 62.2 Å². The van der Waals surface area contributed by atoms with Crippen molar-refractivity contribution in [1.29, 1.82) is 0 Å². The van der Waals surface area contributed by atoms with Crippen molar-refractivity contribution in [1.82, 2.24) is 19.5 Å². The van der Waals surface area contributed by atoms with Gasteiger partial charge in [-0.1, -0.05) is 26.8 Å². The minimum atomic E-state index is 0.0106. The second-order valence-corrected chi connectivity index (χ2v) is 9.34. The number of rotatable bonds is 3. The third kappa shape index (κ3) is 2.97. The van der Waals surface area contributed by atoms with E-state index in [1.165, 1.54) is 17.7 Å². The van der Waals surface area contributed by atoms with E-state index in [-0.39, 0.29) is 11.2 Å². The molecule has 2 aromatic heterocycles. The zero-order valence-corrected chi connectivity index (χ0v) is 17.5. The molecule has 2 aliphatic rings. The number of phenols is 1. The molecule has 0 radical (unpaired) electrons. The number of aromatic nitrogens is 3. The quantitative estimate of drug-likeness (QED) is 0.730. The zero-order valence-electron chi connectivity index (χ0n) is 17.5. The van der Waals surface area contributed by atoms with Crippen LogP contribution in [0.25, 0.3) is 5.65 Å². The summed E-state index contributed by atoms with van der Waals surface area (Å²) in [5.74, 6) is 0.713. The molecule has 0 amide bonds. The normalized spacial score (nSPS) is 21.5. The minimum Gasteiger partial charge on any atom is -0.504 e. The molecule has 2 aliphatic heterocycles. The number of methoxy groups -OCH3 is 1. The van der Waals surface area contributed by atoms with Crippen molar-refractivity contribution in [3.63, 3.8) is 0 Å². The summed E-state index contributed by atoms with van der Waals surface area (Å²) in [6.45, 7) is 7.39. The van der Waals surface area contributed by atoms with E-state index < -0.39 is 0 Å². The average molecular weight is 393 g/mol. The molecule has 1 fully saturated rings. The van der Waals surface area contributed by atoms with Gasteiger partial charge in [0.2, 0.25) is 0 Å². The molecule has 152 valence electrons. The van der Waals surface area contributed by atoms with Gasteiger partial charge in [0.1, 0.15) is 0 Å². The van der Waals surface area contributed by atoms with Gasteiger partial charge in [-0.15, -0.1) is 0 Å². The Morgan fingerprint density at radius 2 is 2.03 bits per heavy atom. The van der Waals surface area contributed by atoms with Crippen molar-refractivity contribution in [2.24, 2.45) is 0 Å². The standard InChI is InChI=1S/C23H28N4O2/c1-23(2,3)21-11-22-24-12-16-17-7-6-15(10-18(16)27(22)25-21)26(17)13-14-5-8-20(29-4)19(28)9-14/h5,8-9,11-12,15,17,28H,6-7,10,13H2,1-4H3/t15-,17-/m0/s1. The van der Waals surface area contributed by atoms with Crippen molar-refractivity contribution in [2.75, 3.05) is 7.11 Å². The predicted molar refractivity (Wildman–Crippen MR) is 111 cm³/mol. The van der Waals surface area contributed by atoms with Gasteiger partial charge in [0.25, 0.3) is 0 Å². The lowest BCUT2D eigenvalue weighted by Crippen LogP contribution is -2.38. The van der Waals surface area contributed by atoms with Gasteiger partial charge in [0.05, 0.1) is 18.5 Å². The molecule has 2 atom stereocenters. The van der Waals surface area contributed by atoms with Gasteiger partial charge in [-0.3, -0.25) is 4.90 Å². The Morgan fingerprint density at radius 1 is 1.21 bits per heavy atom. The van der Waals surface area contributed by atoms with Crippen molar-refractivity contribution < 1.29 is 9.84 Å². The maximum absolute atomic E-state index is 10.1. The molecule has 6 nitrogen and oxygen atoms in total. The lowest BCUT2D eigenvalue weighted by molar-refractivity contribution is 0.165. The van der Waals surface area contributed by atoms with Crippen LogP contribution in [-0.4, -0.2) is 37.8 Å². The number of benzene rings is 1. The Bertz CT molecular complexity index is 1080. The third-order valence-electron chi connectivity index (χ3n) is 6.42.